The Morgan fingerprint density at radius 2 is 0.500 bits per heavy atom. The molecular weight excluding hydrogens is 975 g/mol. The third-order valence-electron chi connectivity index (χ3n) is 8.10. The van der Waals surface area contributed by atoms with Gasteiger partial charge in [-0.05, 0) is 55.4 Å². The minimum absolute atomic E-state index is 0.312. The number of hydrogen-bond acceptors (Lipinski definition) is 9. The fourth-order valence-corrected chi connectivity index (χ4v) is 3.81. The lowest BCUT2D eigenvalue weighted by Crippen LogP contribution is -2.56. The van der Waals surface area contributed by atoms with Crippen LogP contribution < -0.4 is 0 Å². The van der Waals surface area contributed by atoms with Crippen molar-refractivity contribution in [2.75, 3.05) is 0 Å². The minimum Gasteiger partial charge on any atom is -0.341 e. The maximum Gasteiger partial charge on any atom is 0.495 e. The van der Waals surface area contributed by atoms with Crippen molar-refractivity contribution in [3.05, 3.63) is 0 Å². The largest absolute Gasteiger partial charge is 0.495 e. The van der Waals surface area contributed by atoms with Crippen LogP contribution >= 0.6 is 0 Å². The number of halogens is 21. The summed E-state index contributed by atoms with van der Waals surface area (Å²) in [5.74, 6) is -1.68. The topological polar surface area (TPSA) is 83.1 Å². The van der Waals surface area contributed by atoms with Gasteiger partial charge in [0.25, 0.3) is 0 Å². The monoisotopic (exact) mass is 1030 g/mol. The molecule has 1 atom stereocenters. The number of ether oxygens (including phenoxy) is 9. The molecule has 0 bridgehead atoms. The van der Waals surface area contributed by atoms with Gasteiger partial charge in [0, 0.05) is 45.4 Å². The molecule has 0 aromatic heterocycles. The average Bonchev–Trinajstić information content (AvgIpc) is 3.04. The van der Waals surface area contributed by atoms with Gasteiger partial charge in [0.2, 0.25) is 0 Å². The van der Waals surface area contributed by atoms with Crippen LogP contribution in [0.25, 0.3) is 0 Å². The number of alkyl halides is 21. The van der Waals surface area contributed by atoms with Gasteiger partial charge in [-0.2, -0.15) is 83.4 Å². The van der Waals surface area contributed by atoms with Gasteiger partial charge in [0.05, 0.1) is 11.2 Å². The molecule has 0 N–H and O–H groups in total. The normalized spacial score (nSPS) is 16.0. The molecule has 0 heterocycles. The van der Waals surface area contributed by atoms with E-state index in [-0.39, 0.29) is 0 Å². The van der Waals surface area contributed by atoms with E-state index >= 15 is 0 Å². The van der Waals surface area contributed by atoms with Crippen LogP contribution in [-0.2, 0) is 42.6 Å². The van der Waals surface area contributed by atoms with Crippen molar-refractivity contribution in [1.29, 1.82) is 0 Å². The van der Waals surface area contributed by atoms with Crippen molar-refractivity contribution >= 4 is 0 Å². The summed E-state index contributed by atoms with van der Waals surface area (Å²) in [5.41, 5.74) is -5.76. The Kier molecular flexibility index (Phi) is 23.8. The van der Waals surface area contributed by atoms with Crippen LogP contribution in [0.15, 0.2) is 0 Å². The second-order valence-corrected chi connectivity index (χ2v) is 15.6. The van der Waals surface area contributed by atoms with Gasteiger partial charge in [0.1, 0.15) is 0 Å². The molecule has 0 spiro atoms. The quantitative estimate of drug-likeness (QED) is 0.0590. The first-order chi connectivity index (χ1) is 28.5. The molecule has 402 valence electrons. The summed E-state index contributed by atoms with van der Waals surface area (Å²) in [6.45, 7) is 15.3. The molecular formula is C36H57F21O9. The van der Waals surface area contributed by atoms with E-state index in [0.29, 0.717) is 34.6 Å². The van der Waals surface area contributed by atoms with E-state index in [2.05, 4.69) is 33.2 Å². The predicted molar refractivity (Wildman–Crippen MR) is 187 cm³/mol. The van der Waals surface area contributed by atoms with Crippen LogP contribution in [0, 0.1) is 0 Å². The van der Waals surface area contributed by atoms with E-state index in [1.165, 1.54) is 55.4 Å². The van der Waals surface area contributed by atoms with E-state index in [1.54, 1.807) is 0 Å². The number of rotatable bonds is 27. The highest BCUT2D eigenvalue weighted by Gasteiger charge is 2.68. The summed E-state index contributed by atoms with van der Waals surface area (Å²) in [6.07, 6.45) is -53.6. The maximum absolute atomic E-state index is 13.8. The highest BCUT2D eigenvalue weighted by Crippen LogP contribution is 2.46. The zero-order valence-corrected chi connectivity index (χ0v) is 38.4. The standard InChI is InChI=1S/C15H28F4O3.C12H19F7O3.C9H10F10O3/c1-9-14(16,17)21-12(5,6)11(3,4)20-13(7,8)22-15(18,19)10-2;1-6-10(14,15)21-9(5,13)20-8(3,4)12(18,19)22-11(16,17)7-2;1-3-5(10,11)20-7(14,15)8(16,17)22-9(18,19)21-6(12,13)4-2/h9-10H2,1-8H3;6-7H2,1-5H3;3-4H2,1-2H3. The molecule has 0 aliphatic heterocycles. The van der Waals surface area contributed by atoms with Crippen LogP contribution in [0.1, 0.15) is 142 Å². The molecule has 0 radical (unpaired) electrons. The summed E-state index contributed by atoms with van der Waals surface area (Å²) >= 11 is 0. The highest BCUT2D eigenvalue weighted by atomic mass is 19.4. The van der Waals surface area contributed by atoms with Crippen LogP contribution in [0.3, 0.4) is 0 Å². The van der Waals surface area contributed by atoms with Gasteiger partial charge in [-0.3, -0.25) is 14.2 Å². The molecule has 0 rings (SSSR count). The van der Waals surface area contributed by atoms with E-state index in [0.717, 1.165) is 13.8 Å². The van der Waals surface area contributed by atoms with Gasteiger partial charge in [-0.1, -0.05) is 41.5 Å². The Balaban J connectivity index is -0.000000902. The van der Waals surface area contributed by atoms with Crippen molar-refractivity contribution < 1.29 is 135 Å². The van der Waals surface area contributed by atoms with Gasteiger partial charge < -0.3 is 14.2 Å². The predicted octanol–water partition coefficient (Wildman–Crippen LogP) is 15.2. The third kappa shape index (κ3) is 24.6. The molecule has 0 saturated carbocycles. The molecule has 9 nitrogen and oxygen atoms in total. The first kappa shape index (κ1) is 68.4. The SMILES string of the molecule is CCC(F)(F)OC(C)(C)OC(C)(C)C(C)(C)OC(F)(F)CC.CCC(F)(F)OC(C)(F)OC(C)(C)C(F)(F)OC(F)(F)CC.CCC(F)(F)OC(F)(F)OC(F)(F)C(F)(F)OC(F)(F)CC. The number of hydrogen-bond donors (Lipinski definition) is 0. The van der Waals surface area contributed by atoms with E-state index < -0.39 is 128 Å². The molecule has 0 aliphatic rings. The minimum atomic E-state index is -6.39. The molecule has 0 fully saturated rings. The van der Waals surface area contributed by atoms with Crippen molar-refractivity contribution in [3.63, 3.8) is 0 Å². The molecule has 0 saturated heterocycles. The highest BCUT2D eigenvalue weighted by molar-refractivity contribution is 4.92. The molecule has 0 amide bonds. The molecule has 66 heavy (non-hydrogen) atoms. The lowest BCUT2D eigenvalue weighted by atomic mass is 9.88. The van der Waals surface area contributed by atoms with Crippen molar-refractivity contribution in [2.45, 2.75) is 232 Å². The summed E-state index contributed by atoms with van der Waals surface area (Å²) in [4.78, 5) is 0. The fourth-order valence-electron chi connectivity index (χ4n) is 3.81. The summed E-state index contributed by atoms with van der Waals surface area (Å²) in [7, 11) is 0. The van der Waals surface area contributed by atoms with Crippen LogP contribution in [-0.4, -0.2) is 89.9 Å². The zero-order valence-electron chi connectivity index (χ0n) is 38.4. The first-order valence-electron chi connectivity index (χ1n) is 19.3. The van der Waals surface area contributed by atoms with E-state index in [9.17, 15) is 92.2 Å². The van der Waals surface area contributed by atoms with Gasteiger partial charge in [-0.15, -0.1) is 8.78 Å². The Bertz CT molecular complexity index is 1280. The second kappa shape index (κ2) is 22.9. The lowest BCUT2D eigenvalue weighted by Gasteiger charge is -2.46. The molecule has 0 aromatic rings. The zero-order chi connectivity index (χ0) is 54.1. The summed E-state index contributed by atoms with van der Waals surface area (Å²) in [5, 5.41) is 0. The Labute approximate surface area is 367 Å². The van der Waals surface area contributed by atoms with Crippen LogP contribution in [0.2, 0.25) is 0 Å². The summed E-state index contributed by atoms with van der Waals surface area (Å²) in [6, 6.07) is -3.66. The lowest BCUT2D eigenvalue weighted by molar-refractivity contribution is -0.565. The fraction of sp³-hybridized carbons (Fsp3) is 1.00. The first-order valence-corrected chi connectivity index (χ1v) is 19.3. The third-order valence-corrected chi connectivity index (χ3v) is 8.10. The molecule has 0 aromatic carbocycles. The van der Waals surface area contributed by atoms with E-state index in [4.69, 9.17) is 9.47 Å². The van der Waals surface area contributed by atoms with Crippen molar-refractivity contribution in [2.24, 2.45) is 0 Å². The molecule has 0 aliphatic carbocycles. The van der Waals surface area contributed by atoms with Crippen molar-refractivity contribution in [3.8, 4) is 0 Å². The second-order valence-electron chi connectivity index (χ2n) is 15.6. The molecule has 1 unspecified atom stereocenters. The van der Waals surface area contributed by atoms with E-state index in [1.807, 2.05) is 0 Å². The van der Waals surface area contributed by atoms with Gasteiger partial charge >= 0.3 is 67.3 Å². The Hall–Kier alpha value is -1.83. The van der Waals surface area contributed by atoms with Gasteiger partial charge in [-0.25, -0.2) is 14.2 Å². The van der Waals surface area contributed by atoms with Crippen molar-refractivity contribution in [1.82, 2.24) is 0 Å². The van der Waals surface area contributed by atoms with Gasteiger partial charge in [0.15, 0.2) is 11.4 Å². The maximum atomic E-state index is 13.8. The Morgan fingerprint density at radius 1 is 0.242 bits per heavy atom. The average molecular weight is 1030 g/mol. The molecule has 30 heteroatoms. The summed E-state index contributed by atoms with van der Waals surface area (Å²) < 4.78 is 307. The van der Waals surface area contributed by atoms with Crippen LogP contribution in [0.5, 0.6) is 0 Å². The van der Waals surface area contributed by atoms with Crippen LogP contribution in [0.4, 0.5) is 92.2 Å². The Morgan fingerprint density at radius 3 is 0.848 bits per heavy atom. The smallest absolute Gasteiger partial charge is 0.341 e.